The molecule has 43 heavy (non-hydrogen) atoms. The van der Waals surface area contributed by atoms with Gasteiger partial charge in [0.2, 0.25) is 11.7 Å². The van der Waals surface area contributed by atoms with Crippen molar-refractivity contribution in [2.24, 2.45) is 0 Å². The summed E-state index contributed by atoms with van der Waals surface area (Å²) in [6.07, 6.45) is 5.74. The fourth-order valence-electron chi connectivity index (χ4n) is 5.04. The third kappa shape index (κ3) is 6.65. The maximum absolute atomic E-state index is 14.4. The number of phenols is 1. The van der Waals surface area contributed by atoms with Gasteiger partial charge in [0.05, 0.1) is 6.54 Å². The first-order valence-corrected chi connectivity index (χ1v) is 14.4. The number of aromatic hydroxyl groups is 1. The first-order valence-electron chi connectivity index (χ1n) is 13.6. The van der Waals surface area contributed by atoms with Crippen LogP contribution in [-0.4, -0.2) is 39.0 Å². The Morgan fingerprint density at radius 2 is 1.44 bits per heavy atom. The first-order chi connectivity index (χ1) is 20.2. The fraction of sp³-hybridized carbons (Fsp3) is 0.355. The summed E-state index contributed by atoms with van der Waals surface area (Å²) in [6, 6.07) is 11.3. The Kier molecular flexibility index (Phi) is 9.70. The molecule has 1 aliphatic carbocycles. The summed E-state index contributed by atoms with van der Waals surface area (Å²) in [7, 11) is 1.27. The highest BCUT2D eigenvalue weighted by Crippen LogP contribution is 2.38. The number of carbonyl (C=O) groups is 2. The number of carboxylic acids is 1. The van der Waals surface area contributed by atoms with Gasteiger partial charge in [0, 0.05) is 11.8 Å². The number of carbonyl (C=O) groups excluding carboxylic acids is 1. The molecular formula is C31H31F5N2O4S. The molecule has 1 saturated carbocycles. The third-order valence-corrected chi connectivity index (χ3v) is 9.15. The summed E-state index contributed by atoms with van der Waals surface area (Å²) in [5.74, 6) is -12.7. The van der Waals surface area contributed by atoms with Crippen LogP contribution in [0, 0.1) is 29.1 Å². The molecule has 0 aromatic heterocycles. The average Bonchev–Trinajstić information content (AvgIpc) is 3.00. The van der Waals surface area contributed by atoms with E-state index in [4.69, 9.17) is 0 Å². The van der Waals surface area contributed by atoms with E-state index in [9.17, 15) is 41.8 Å². The maximum Gasteiger partial charge on any atom is 0.339 e. The second-order valence-corrected chi connectivity index (χ2v) is 12.2. The van der Waals surface area contributed by atoms with Crippen molar-refractivity contribution in [3.05, 3.63) is 88.2 Å². The normalized spacial score (nSPS) is 14.3. The molecular weight excluding hydrogens is 591 g/mol. The molecule has 0 unspecified atom stereocenters. The van der Waals surface area contributed by atoms with Gasteiger partial charge in [0.1, 0.15) is 21.7 Å². The highest BCUT2D eigenvalue weighted by molar-refractivity contribution is 7.97. The molecule has 0 bridgehead atoms. The average molecular weight is 623 g/mol. The monoisotopic (exact) mass is 622 g/mol. The largest absolute Gasteiger partial charge is 0.507 e. The molecule has 12 heteroatoms. The van der Waals surface area contributed by atoms with Gasteiger partial charge in [0.25, 0.3) is 0 Å². The number of hydrogen-bond donors (Lipinski definition) is 2. The SMILES string of the molecule is CN(Sc1c(F)c(F)c(F)c(F)c1F)C(C)(C)C(=O)N(Cc1ccc(C2CCCCC2)cc1)c1ccc(C(=O)O)c(O)c1. The van der Waals surface area contributed by atoms with E-state index < -0.39 is 57.1 Å². The van der Waals surface area contributed by atoms with Gasteiger partial charge in [-0.1, -0.05) is 43.5 Å². The number of hydrogen-bond acceptors (Lipinski definition) is 5. The van der Waals surface area contributed by atoms with E-state index in [2.05, 4.69) is 0 Å². The number of amides is 1. The molecule has 1 amide bonds. The van der Waals surface area contributed by atoms with Crippen molar-refractivity contribution in [2.75, 3.05) is 11.9 Å². The van der Waals surface area contributed by atoms with Crippen molar-refractivity contribution in [3.8, 4) is 5.75 Å². The van der Waals surface area contributed by atoms with Crippen LogP contribution in [-0.2, 0) is 11.3 Å². The Morgan fingerprint density at radius 1 is 0.884 bits per heavy atom. The fourth-order valence-corrected chi connectivity index (χ4v) is 5.96. The lowest BCUT2D eigenvalue weighted by atomic mass is 9.84. The molecule has 0 spiro atoms. The number of rotatable bonds is 9. The predicted molar refractivity (Wildman–Crippen MR) is 152 cm³/mol. The van der Waals surface area contributed by atoms with Crippen LogP contribution in [0.2, 0.25) is 0 Å². The summed E-state index contributed by atoms with van der Waals surface area (Å²) in [5.41, 5.74) is 0.0241. The van der Waals surface area contributed by atoms with Crippen molar-refractivity contribution in [1.29, 1.82) is 0 Å². The van der Waals surface area contributed by atoms with Crippen LogP contribution in [0.3, 0.4) is 0 Å². The standard InChI is InChI=1S/C31H31F5N2O4S/c1-31(2,37(3)43-28-26(35)24(33)23(32)25(34)27(28)36)30(42)38(20-13-14-21(29(40)41)22(39)15-20)16-17-9-11-19(12-10-17)18-7-5-4-6-8-18/h9-15,18,39H,4-8,16H2,1-3H3,(H,40,41). The summed E-state index contributed by atoms with van der Waals surface area (Å²) in [4.78, 5) is 25.6. The minimum atomic E-state index is -2.29. The quantitative estimate of drug-likeness (QED) is 0.110. The molecule has 3 aromatic carbocycles. The topological polar surface area (TPSA) is 81.1 Å². The van der Waals surface area contributed by atoms with E-state index in [-0.39, 0.29) is 29.7 Å². The zero-order valence-electron chi connectivity index (χ0n) is 23.8. The van der Waals surface area contributed by atoms with Crippen molar-refractivity contribution < 1.29 is 41.8 Å². The molecule has 1 fully saturated rings. The van der Waals surface area contributed by atoms with Crippen LogP contribution >= 0.6 is 11.9 Å². The summed E-state index contributed by atoms with van der Waals surface area (Å²) in [6.45, 7) is 2.78. The Hall–Kier alpha value is -3.64. The van der Waals surface area contributed by atoms with E-state index in [0.29, 0.717) is 11.5 Å². The van der Waals surface area contributed by atoms with Crippen LogP contribution in [0.25, 0.3) is 0 Å². The third-order valence-electron chi connectivity index (χ3n) is 7.87. The van der Waals surface area contributed by atoms with Crippen molar-refractivity contribution in [1.82, 2.24) is 4.31 Å². The number of benzene rings is 3. The number of likely N-dealkylation sites (N-methyl/N-ethyl adjacent to an activating group) is 1. The van der Waals surface area contributed by atoms with E-state index in [1.54, 1.807) is 0 Å². The number of aromatic carboxylic acids is 1. The molecule has 0 atom stereocenters. The second kappa shape index (κ2) is 12.9. The van der Waals surface area contributed by atoms with Gasteiger partial charge < -0.3 is 15.1 Å². The van der Waals surface area contributed by atoms with Crippen LogP contribution < -0.4 is 4.90 Å². The Balaban J connectivity index is 1.67. The lowest BCUT2D eigenvalue weighted by molar-refractivity contribution is -0.125. The number of carboxylic acid groups (broad SMARTS) is 1. The van der Waals surface area contributed by atoms with Gasteiger partial charge in [-0.3, -0.25) is 4.79 Å². The molecule has 4 rings (SSSR count). The van der Waals surface area contributed by atoms with E-state index in [0.717, 1.165) is 42.1 Å². The first kappa shape index (κ1) is 32.3. The molecule has 3 aromatic rings. The Bertz CT molecular complexity index is 1500. The molecule has 0 saturated heterocycles. The summed E-state index contributed by atoms with van der Waals surface area (Å²) < 4.78 is 71.2. The second-order valence-electron chi connectivity index (χ2n) is 11.0. The number of halogens is 5. The lowest BCUT2D eigenvalue weighted by Gasteiger charge is -2.38. The summed E-state index contributed by atoms with van der Waals surface area (Å²) >= 11 is 0.177. The predicted octanol–water partition coefficient (Wildman–Crippen LogP) is 7.78. The van der Waals surface area contributed by atoms with Crippen molar-refractivity contribution >= 4 is 29.5 Å². The zero-order chi connectivity index (χ0) is 31.6. The molecule has 230 valence electrons. The number of nitrogens with zero attached hydrogens (tertiary/aromatic N) is 2. The van der Waals surface area contributed by atoms with Gasteiger partial charge in [-0.05, 0) is 74.9 Å². The van der Waals surface area contributed by atoms with E-state index in [1.165, 1.54) is 43.8 Å². The van der Waals surface area contributed by atoms with E-state index in [1.807, 2.05) is 24.3 Å². The van der Waals surface area contributed by atoms with Gasteiger partial charge in [-0.25, -0.2) is 31.1 Å². The maximum atomic E-state index is 14.4. The van der Waals surface area contributed by atoms with Crippen LogP contribution in [0.4, 0.5) is 27.6 Å². The van der Waals surface area contributed by atoms with Crippen molar-refractivity contribution in [3.63, 3.8) is 0 Å². The van der Waals surface area contributed by atoms with Gasteiger partial charge >= 0.3 is 5.97 Å². The minimum absolute atomic E-state index is 0.0277. The van der Waals surface area contributed by atoms with Crippen LogP contribution in [0.15, 0.2) is 47.4 Å². The highest BCUT2D eigenvalue weighted by Gasteiger charge is 2.39. The van der Waals surface area contributed by atoms with Crippen LogP contribution in [0.5, 0.6) is 5.75 Å². The van der Waals surface area contributed by atoms with Gasteiger partial charge in [0.15, 0.2) is 23.3 Å². The van der Waals surface area contributed by atoms with Gasteiger partial charge in [-0.15, -0.1) is 0 Å². The van der Waals surface area contributed by atoms with E-state index >= 15 is 0 Å². The van der Waals surface area contributed by atoms with Gasteiger partial charge in [-0.2, -0.15) is 0 Å². The van der Waals surface area contributed by atoms with Crippen LogP contribution in [0.1, 0.15) is 73.4 Å². The molecule has 1 aliphatic rings. The zero-order valence-corrected chi connectivity index (χ0v) is 24.6. The Morgan fingerprint density at radius 3 is 1.98 bits per heavy atom. The molecule has 0 aliphatic heterocycles. The smallest absolute Gasteiger partial charge is 0.339 e. The molecule has 0 radical (unpaired) electrons. The molecule has 6 nitrogen and oxygen atoms in total. The minimum Gasteiger partial charge on any atom is -0.507 e. The number of anilines is 1. The highest BCUT2D eigenvalue weighted by atomic mass is 32.2. The molecule has 0 heterocycles. The lowest BCUT2D eigenvalue weighted by Crippen LogP contribution is -2.52. The molecule has 2 N–H and O–H groups in total. The van der Waals surface area contributed by atoms with Crippen molar-refractivity contribution in [2.45, 2.75) is 68.8 Å². The Labute approximate surface area is 250 Å². The summed E-state index contributed by atoms with van der Waals surface area (Å²) in [5, 5.41) is 19.7.